The molecule has 2 aromatic heterocycles. The Bertz CT molecular complexity index is 661. The lowest BCUT2D eigenvalue weighted by molar-refractivity contribution is -0.385. The maximum absolute atomic E-state index is 11.2. The third kappa shape index (κ3) is 3.79. The molecule has 9 heteroatoms. The Hall–Kier alpha value is -1.93. The fraction of sp³-hybridized carbons (Fsp3) is 0.333. The smallest absolute Gasteiger partial charge is 0.332 e. The molecule has 0 radical (unpaired) electrons. The van der Waals surface area contributed by atoms with E-state index in [1.165, 1.54) is 11.3 Å². The van der Waals surface area contributed by atoms with Crippen molar-refractivity contribution in [1.29, 1.82) is 0 Å². The SMILES string of the molecule is CCNc1nc(C)c([N+](=O)[O-])c(NCc2ccc(Cl)s2)n1. The fourth-order valence-corrected chi connectivity index (χ4v) is 2.79. The predicted molar refractivity (Wildman–Crippen MR) is 84.2 cm³/mol. The van der Waals surface area contributed by atoms with Crippen LogP contribution in [0.2, 0.25) is 4.34 Å². The van der Waals surface area contributed by atoms with E-state index in [2.05, 4.69) is 20.6 Å². The van der Waals surface area contributed by atoms with Gasteiger partial charge in [-0.15, -0.1) is 11.3 Å². The van der Waals surface area contributed by atoms with Crippen molar-refractivity contribution in [2.45, 2.75) is 20.4 Å². The van der Waals surface area contributed by atoms with Gasteiger partial charge in [-0.3, -0.25) is 10.1 Å². The second-order valence-electron chi connectivity index (χ2n) is 4.18. The number of halogens is 1. The number of nitro groups is 1. The van der Waals surface area contributed by atoms with Gasteiger partial charge in [-0.2, -0.15) is 4.98 Å². The Kier molecular flexibility index (Phi) is 4.92. The molecular weight excluding hydrogens is 314 g/mol. The summed E-state index contributed by atoms with van der Waals surface area (Å²) in [6, 6.07) is 3.65. The standard InChI is InChI=1S/C12H14ClN5O2S/c1-3-14-12-16-7(2)10(18(19)20)11(17-12)15-6-8-4-5-9(13)21-8/h4-5H,3,6H2,1-2H3,(H2,14,15,16,17). The molecule has 0 atom stereocenters. The lowest BCUT2D eigenvalue weighted by atomic mass is 10.3. The molecule has 0 aliphatic heterocycles. The van der Waals surface area contributed by atoms with Crippen molar-refractivity contribution in [3.63, 3.8) is 0 Å². The van der Waals surface area contributed by atoms with E-state index < -0.39 is 4.92 Å². The van der Waals surface area contributed by atoms with Gasteiger partial charge in [0.15, 0.2) is 0 Å². The molecule has 0 spiro atoms. The molecule has 2 heterocycles. The fourth-order valence-electron chi connectivity index (χ4n) is 1.76. The molecule has 0 unspecified atom stereocenters. The number of hydrogen-bond donors (Lipinski definition) is 2. The molecule has 0 saturated heterocycles. The van der Waals surface area contributed by atoms with Crippen molar-refractivity contribution in [2.75, 3.05) is 17.2 Å². The molecule has 2 rings (SSSR count). The van der Waals surface area contributed by atoms with Gasteiger partial charge < -0.3 is 10.6 Å². The van der Waals surface area contributed by atoms with Crippen molar-refractivity contribution in [3.05, 3.63) is 37.2 Å². The van der Waals surface area contributed by atoms with Crippen LogP contribution in [0.3, 0.4) is 0 Å². The van der Waals surface area contributed by atoms with Gasteiger partial charge >= 0.3 is 5.69 Å². The van der Waals surface area contributed by atoms with Crippen LogP contribution in [0.1, 0.15) is 17.5 Å². The molecule has 21 heavy (non-hydrogen) atoms. The highest BCUT2D eigenvalue weighted by Gasteiger charge is 2.21. The lowest BCUT2D eigenvalue weighted by Crippen LogP contribution is -2.10. The molecule has 0 bridgehead atoms. The van der Waals surface area contributed by atoms with Gasteiger partial charge in [-0.1, -0.05) is 11.6 Å². The van der Waals surface area contributed by atoms with Crippen LogP contribution >= 0.6 is 22.9 Å². The quantitative estimate of drug-likeness (QED) is 0.623. The molecule has 0 aliphatic rings. The Morgan fingerprint density at radius 2 is 2.14 bits per heavy atom. The van der Waals surface area contributed by atoms with E-state index in [-0.39, 0.29) is 11.5 Å². The van der Waals surface area contributed by atoms with E-state index in [4.69, 9.17) is 11.6 Å². The van der Waals surface area contributed by atoms with Crippen molar-refractivity contribution >= 4 is 40.4 Å². The first-order valence-corrected chi connectivity index (χ1v) is 7.45. The summed E-state index contributed by atoms with van der Waals surface area (Å²) in [5.41, 5.74) is 0.206. The Balaban J connectivity index is 2.28. The van der Waals surface area contributed by atoms with E-state index in [0.29, 0.717) is 29.1 Å². The molecular formula is C12H14ClN5O2S. The summed E-state index contributed by atoms with van der Waals surface area (Å²) in [7, 11) is 0. The molecule has 0 saturated carbocycles. The van der Waals surface area contributed by atoms with Crippen LogP contribution in [0.25, 0.3) is 0 Å². The first kappa shape index (κ1) is 15.5. The normalized spacial score (nSPS) is 10.4. The van der Waals surface area contributed by atoms with Crippen molar-refractivity contribution in [1.82, 2.24) is 9.97 Å². The maximum atomic E-state index is 11.2. The average Bonchev–Trinajstić information content (AvgIpc) is 2.81. The molecule has 2 aromatic rings. The number of hydrogen-bond acceptors (Lipinski definition) is 7. The molecule has 0 aromatic carbocycles. The molecule has 2 N–H and O–H groups in total. The zero-order valence-electron chi connectivity index (χ0n) is 11.5. The minimum atomic E-state index is -0.477. The number of aryl methyl sites for hydroxylation is 1. The zero-order chi connectivity index (χ0) is 15.4. The number of anilines is 2. The minimum Gasteiger partial charge on any atom is -0.359 e. The molecule has 112 valence electrons. The number of aromatic nitrogens is 2. The van der Waals surface area contributed by atoms with Crippen molar-refractivity contribution < 1.29 is 4.92 Å². The van der Waals surface area contributed by atoms with Crippen LogP contribution < -0.4 is 10.6 Å². The highest BCUT2D eigenvalue weighted by atomic mass is 35.5. The van der Waals surface area contributed by atoms with E-state index in [9.17, 15) is 10.1 Å². The van der Waals surface area contributed by atoms with Crippen molar-refractivity contribution in [3.8, 4) is 0 Å². The van der Waals surface area contributed by atoms with Gasteiger partial charge in [0.05, 0.1) is 15.8 Å². The molecule has 0 fully saturated rings. The Morgan fingerprint density at radius 3 is 2.71 bits per heavy atom. The van der Waals surface area contributed by atoms with Gasteiger partial charge in [-0.05, 0) is 26.0 Å². The lowest BCUT2D eigenvalue weighted by Gasteiger charge is -2.09. The number of nitrogens with one attached hydrogen (secondary N) is 2. The van der Waals surface area contributed by atoms with E-state index >= 15 is 0 Å². The summed E-state index contributed by atoms with van der Waals surface area (Å²) in [6.07, 6.45) is 0. The van der Waals surface area contributed by atoms with Crippen LogP contribution in [-0.2, 0) is 6.54 Å². The average molecular weight is 328 g/mol. The minimum absolute atomic E-state index is 0.112. The summed E-state index contributed by atoms with van der Waals surface area (Å²) < 4.78 is 0.675. The van der Waals surface area contributed by atoms with Crippen LogP contribution in [0.15, 0.2) is 12.1 Å². The number of nitrogens with zero attached hydrogens (tertiary/aromatic N) is 3. The summed E-state index contributed by atoms with van der Waals surface area (Å²) in [6.45, 7) is 4.55. The number of rotatable bonds is 6. The predicted octanol–water partition coefficient (Wildman–Crippen LogP) is 3.45. The first-order valence-electron chi connectivity index (χ1n) is 6.26. The highest BCUT2D eigenvalue weighted by Crippen LogP contribution is 2.28. The zero-order valence-corrected chi connectivity index (χ0v) is 13.1. The van der Waals surface area contributed by atoms with Crippen LogP contribution in [0, 0.1) is 17.0 Å². The summed E-state index contributed by atoms with van der Waals surface area (Å²) >= 11 is 7.28. The Morgan fingerprint density at radius 1 is 1.38 bits per heavy atom. The van der Waals surface area contributed by atoms with Gasteiger partial charge in [0.1, 0.15) is 5.69 Å². The van der Waals surface area contributed by atoms with Crippen molar-refractivity contribution in [2.24, 2.45) is 0 Å². The molecule has 0 amide bonds. The summed E-state index contributed by atoms with van der Waals surface area (Å²) in [5.74, 6) is 0.570. The summed E-state index contributed by atoms with van der Waals surface area (Å²) in [5, 5.41) is 17.1. The highest BCUT2D eigenvalue weighted by molar-refractivity contribution is 7.16. The van der Waals surface area contributed by atoms with Gasteiger partial charge in [0.25, 0.3) is 0 Å². The van der Waals surface area contributed by atoms with Crippen LogP contribution in [-0.4, -0.2) is 21.4 Å². The van der Waals surface area contributed by atoms with Crippen LogP contribution in [0.4, 0.5) is 17.5 Å². The number of thiophene rings is 1. The van der Waals surface area contributed by atoms with E-state index in [0.717, 1.165) is 4.88 Å². The van der Waals surface area contributed by atoms with E-state index in [1.807, 2.05) is 13.0 Å². The molecule has 7 nitrogen and oxygen atoms in total. The first-order chi connectivity index (χ1) is 10.0. The third-order valence-corrected chi connectivity index (χ3v) is 3.87. The largest absolute Gasteiger partial charge is 0.359 e. The van der Waals surface area contributed by atoms with Gasteiger partial charge in [0, 0.05) is 11.4 Å². The van der Waals surface area contributed by atoms with Crippen LogP contribution in [0.5, 0.6) is 0 Å². The van der Waals surface area contributed by atoms with Gasteiger partial charge in [-0.25, -0.2) is 4.98 Å². The Labute approximate surface area is 130 Å². The second-order valence-corrected chi connectivity index (χ2v) is 5.98. The maximum Gasteiger partial charge on any atom is 0.332 e. The molecule has 0 aliphatic carbocycles. The van der Waals surface area contributed by atoms with E-state index in [1.54, 1.807) is 13.0 Å². The topological polar surface area (TPSA) is 93.0 Å². The summed E-state index contributed by atoms with van der Waals surface area (Å²) in [4.78, 5) is 19.9. The second kappa shape index (κ2) is 6.68. The van der Waals surface area contributed by atoms with Gasteiger partial charge in [0.2, 0.25) is 11.8 Å². The third-order valence-electron chi connectivity index (χ3n) is 2.63. The monoisotopic (exact) mass is 327 g/mol.